The van der Waals surface area contributed by atoms with Crippen LogP contribution in [0.4, 0.5) is 5.82 Å². The monoisotopic (exact) mass is 275 g/mol. The molecule has 19 heavy (non-hydrogen) atoms. The number of nitrogens with zero attached hydrogens (tertiary/aromatic N) is 2. The summed E-state index contributed by atoms with van der Waals surface area (Å²) in [6.07, 6.45) is -0.0423. The molecule has 1 aliphatic heterocycles. The maximum absolute atomic E-state index is 11.6. The number of benzene rings is 1. The zero-order chi connectivity index (χ0) is 13.4. The zero-order valence-electron chi connectivity index (χ0n) is 9.89. The highest BCUT2D eigenvalue weighted by Gasteiger charge is 2.30. The van der Waals surface area contributed by atoms with E-state index in [2.05, 4.69) is 10.2 Å². The van der Waals surface area contributed by atoms with Gasteiger partial charge in [0.15, 0.2) is 11.6 Å². The second-order valence-corrected chi connectivity index (χ2v) is 4.78. The molecule has 1 N–H and O–H groups in total. The second-order valence-electron chi connectivity index (χ2n) is 4.35. The number of amides is 1. The largest absolute Gasteiger partial charge is 0.297 e. The number of rotatable bonds is 2. The van der Waals surface area contributed by atoms with E-state index < -0.39 is 0 Å². The number of nitrogens with one attached hydrogen (secondary N) is 1. The van der Waals surface area contributed by atoms with Crippen LogP contribution in [-0.4, -0.2) is 28.4 Å². The molecule has 3 rings (SSSR count). The van der Waals surface area contributed by atoms with Crippen LogP contribution in [0.2, 0.25) is 5.02 Å². The molecule has 96 valence electrons. The first-order valence-corrected chi connectivity index (χ1v) is 6.15. The van der Waals surface area contributed by atoms with Crippen LogP contribution in [0.1, 0.15) is 6.42 Å². The van der Waals surface area contributed by atoms with Crippen molar-refractivity contribution < 1.29 is 9.59 Å². The van der Waals surface area contributed by atoms with Gasteiger partial charge in [-0.1, -0.05) is 23.7 Å². The molecule has 1 aromatic heterocycles. The lowest BCUT2D eigenvalue weighted by molar-refractivity contribution is -0.121. The zero-order valence-corrected chi connectivity index (χ0v) is 10.6. The average Bonchev–Trinajstić information content (AvgIpc) is 2.96. The third kappa shape index (κ3) is 2.24. The quantitative estimate of drug-likeness (QED) is 0.853. The summed E-state index contributed by atoms with van der Waals surface area (Å²) in [6.45, 7) is 0.0959. The minimum atomic E-state index is -0.214. The van der Waals surface area contributed by atoms with Crippen LogP contribution >= 0.6 is 11.6 Å². The van der Waals surface area contributed by atoms with Gasteiger partial charge in [-0.2, -0.15) is 5.10 Å². The van der Waals surface area contributed by atoms with Crippen LogP contribution in [0.3, 0.4) is 0 Å². The number of aromatic nitrogens is 2. The summed E-state index contributed by atoms with van der Waals surface area (Å²) in [6, 6.07) is 9.05. The van der Waals surface area contributed by atoms with Gasteiger partial charge in [-0.25, -0.2) is 0 Å². The van der Waals surface area contributed by atoms with E-state index in [1.807, 2.05) is 12.1 Å². The van der Waals surface area contributed by atoms with Crippen molar-refractivity contribution in [3.8, 4) is 11.3 Å². The highest BCUT2D eigenvalue weighted by Crippen LogP contribution is 2.25. The Bertz CT molecular complexity index is 665. The van der Waals surface area contributed by atoms with E-state index >= 15 is 0 Å². The molecule has 6 heteroatoms. The van der Waals surface area contributed by atoms with Gasteiger partial charge >= 0.3 is 0 Å². The number of anilines is 1. The lowest BCUT2D eigenvalue weighted by atomic mass is 10.1. The predicted molar refractivity (Wildman–Crippen MR) is 71.0 cm³/mol. The molecule has 1 saturated heterocycles. The first-order valence-electron chi connectivity index (χ1n) is 5.77. The Morgan fingerprint density at radius 3 is 2.79 bits per heavy atom. The van der Waals surface area contributed by atoms with E-state index in [1.54, 1.807) is 18.2 Å². The maximum atomic E-state index is 11.6. The van der Waals surface area contributed by atoms with E-state index in [0.717, 1.165) is 11.3 Å². The summed E-state index contributed by atoms with van der Waals surface area (Å²) in [7, 11) is 0. The van der Waals surface area contributed by atoms with Crippen LogP contribution in [0, 0.1) is 0 Å². The fourth-order valence-corrected chi connectivity index (χ4v) is 2.24. The Morgan fingerprint density at radius 1 is 1.26 bits per heavy atom. The van der Waals surface area contributed by atoms with Gasteiger partial charge in [0.05, 0.1) is 18.7 Å². The molecule has 2 aromatic rings. The standard InChI is InChI=1S/C13H10ClN3O2/c14-9-3-1-2-8(4-9)11-6-12(16-15-11)17-7-10(18)5-13(17)19/h1-4,6H,5,7H2,(H,15,16). The van der Waals surface area contributed by atoms with Crippen molar-refractivity contribution in [2.24, 2.45) is 0 Å². The fourth-order valence-electron chi connectivity index (χ4n) is 2.05. The highest BCUT2D eigenvalue weighted by molar-refractivity contribution is 6.30. The lowest BCUT2D eigenvalue weighted by Gasteiger charge is -2.09. The molecule has 0 saturated carbocycles. The Morgan fingerprint density at radius 2 is 2.11 bits per heavy atom. The molecule has 0 bridgehead atoms. The van der Waals surface area contributed by atoms with Crippen molar-refractivity contribution in [3.05, 3.63) is 35.4 Å². The molecule has 1 amide bonds. The Hall–Kier alpha value is -2.14. The number of carbonyl (C=O) groups excluding carboxylic acids is 2. The van der Waals surface area contributed by atoms with Gasteiger partial charge in [-0.05, 0) is 12.1 Å². The van der Waals surface area contributed by atoms with Gasteiger partial charge in [0.1, 0.15) is 0 Å². The first-order chi connectivity index (χ1) is 9.13. The molecule has 0 radical (unpaired) electrons. The van der Waals surface area contributed by atoms with Crippen molar-refractivity contribution in [1.82, 2.24) is 10.2 Å². The average molecular weight is 276 g/mol. The third-order valence-corrected chi connectivity index (χ3v) is 3.20. The van der Waals surface area contributed by atoms with Crippen molar-refractivity contribution >= 4 is 29.1 Å². The molecule has 2 heterocycles. The lowest BCUT2D eigenvalue weighted by Crippen LogP contribution is -2.24. The topological polar surface area (TPSA) is 66.1 Å². The Balaban J connectivity index is 1.92. The van der Waals surface area contributed by atoms with Gasteiger partial charge in [0.2, 0.25) is 5.91 Å². The van der Waals surface area contributed by atoms with Crippen LogP contribution in [0.25, 0.3) is 11.3 Å². The minimum Gasteiger partial charge on any atom is -0.297 e. The highest BCUT2D eigenvalue weighted by atomic mass is 35.5. The number of hydrogen-bond donors (Lipinski definition) is 1. The van der Waals surface area contributed by atoms with Crippen LogP contribution in [0.15, 0.2) is 30.3 Å². The SMILES string of the molecule is O=C1CC(=O)N(c2cc(-c3cccc(Cl)c3)[nH]n2)C1. The molecule has 0 atom stereocenters. The van der Waals surface area contributed by atoms with E-state index in [-0.39, 0.29) is 24.7 Å². The molecule has 1 aliphatic rings. The van der Waals surface area contributed by atoms with Crippen molar-refractivity contribution in [2.45, 2.75) is 6.42 Å². The molecule has 1 aromatic carbocycles. The van der Waals surface area contributed by atoms with E-state index in [9.17, 15) is 9.59 Å². The number of aromatic amines is 1. The number of ketones is 1. The molecule has 0 unspecified atom stereocenters. The summed E-state index contributed by atoms with van der Waals surface area (Å²) in [5.74, 6) is 0.164. The van der Waals surface area contributed by atoms with Crippen molar-refractivity contribution in [2.75, 3.05) is 11.4 Å². The van der Waals surface area contributed by atoms with Crippen LogP contribution in [-0.2, 0) is 9.59 Å². The normalized spacial score (nSPS) is 15.3. The second kappa shape index (κ2) is 4.51. The third-order valence-electron chi connectivity index (χ3n) is 2.96. The summed E-state index contributed by atoms with van der Waals surface area (Å²) in [4.78, 5) is 24.2. The van der Waals surface area contributed by atoms with E-state index in [4.69, 9.17) is 11.6 Å². The number of H-pyrrole nitrogens is 1. The van der Waals surface area contributed by atoms with Gasteiger partial charge in [-0.3, -0.25) is 19.6 Å². The number of carbonyl (C=O) groups is 2. The van der Waals surface area contributed by atoms with Crippen molar-refractivity contribution in [1.29, 1.82) is 0 Å². The Labute approximate surface area is 114 Å². The predicted octanol–water partition coefficient (Wildman–Crippen LogP) is 2.04. The van der Waals surface area contributed by atoms with Crippen LogP contribution in [0.5, 0.6) is 0 Å². The van der Waals surface area contributed by atoms with Crippen molar-refractivity contribution in [3.63, 3.8) is 0 Å². The van der Waals surface area contributed by atoms with E-state index in [0.29, 0.717) is 10.8 Å². The number of halogens is 1. The van der Waals surface area contributed by atoms with Crippen LogP contribution < -0.4 is 4.90 Å². The fraction of sp³-hybridized carbons (Fsp3) is 0.154. The first kappa shape index (κ1) is 11.9. The molecular formula is C13H10ClN3O2. The molecular weight excluding hydrogens is 266 g/mol. The summed E-state index contributed by atoms with van der Waals surface area (Å²) < 4.78 is 0. The number of hydrogen-bond acceptors (Lipinski definition) is 3. The summed E-state index contributed by atoms with van der Waals surface area (Å²) in [5.41, 5.74) is 1.63. The van der Waals surface area contributed by atoms with Gasteiger partial charge < -0.3 is 0 Å². The molecule has 0 spiro atoms. The summed E-state index contributed by atoms with van der Waals surface area (Å²) in [5, 5.41) is 7.55. The van der Waals surface area contributed by atoms with E-state index in [1.165, 1.54) is 4.90 Å². The molecule has 5 nitrogen and oxygen atoms in total. The Kier molecular flexibility index (Phi) is 2.83. The maximum Gasteiger partial charge on any atom is 0.236 e. The number of Topliss-reactive ketones (excluding diaryl/α,β-unsaturated/α-hetero) is 1. The minimum absolute atomic E-state index is 0.0423. The smallest absolute Gasteiger partial charge is 0.236 e. The molecule has 0 aliphatic carbocycles. The summed E-state index contributed by atoms with van der Waals surface area (Å²) >= 11 is 5.93. The van der Waals surface area contributed by atoms with Gasteiger partial charge in [0.25, 0.3) is 0 Å². The van der Waals surface area contributed by atoms with Gasteiger partial charge in [-0.15, -0.1) is 0 Å². The van der Waals surface area contributed by atoms with Gasteiger partial charge in [0, 0.05) is 16.7 Å². The molecule has 1 fully saturated rings.